The minimum Gasteiger partial charge on any atom is -0.379 e. The first-order valence-corrected chi connectivity index (χ1v) is 14.8. The average molecular weight is 547 g/mol. The Kier molecular flexibility index (Phi) is 9.17. The molecule has 0 spiro atoms. The number of fused-ring (bicyclic) bond motifs is 1. The van der Waals surface area contributed by atoms with Gasteiger partial charge in [0.25, 0.3) is 5.91 Å². The molecule has 2 aromatic carbocycles. The van der Waals surface area contributed by atoms with E-state index in [1.807, 2.05) is 36.4 Å². The van der Waals surface area contributed by atoms with Crippen LogP contribution in [0.4, 0.5) is 0 Å². The zero-order valence-electron chi connectivity index (χ0n) is 23.7. The summed E-state index contributed by atoms with van der Waals surface area (Å²) in [6, 6.07) is 14.6. The lowest BCUT2D eigenvalue weighted by Crippen LogP contribution is -2.66. The lowest BCUT2D eigenvalue weighted by atomic mass is 9.85. The molecule has 0 bridgehead atoms. The maximum Gasteiger partial charge on any atom is 0.251 e. The summed E-state index contributed by atoms with van der Waals surface area (Å²) in [7, 11) is 0. The van der Waals surface area contributed by atoms with Crippen LogP contribution in [0.5, 0.6) is 0 Å². The van der Waals surface area contributed by atoms with Crippen LogP contribution in [0, 0.1) is 11.8 Å². The Hall–Kier alpha value is -3.23. The smallest absolute Gasteiger partial charge is 0.251 e. The van der Waals surface area contributed by atoms with E-state index in [1.54, 1.807) is 4.90 Å². The van der Waals surface area contributed by atoms with E-state index in [0.29, 0.717) is 12.1 Å². The van der Waals surface area contributed by atoms with Gasteiger partial charge in [-0.25, -0.2) is 0 Å². The quantitative estimate of drug-likeness (QED) is 0.478. The van der Waals surface area contributed by atoms with Crippen LogP contribution in [0.25, 0.3) is 0 Å². The van der Waals surface area contributed by atoms with Crippen LogP contribution >= 0.6 is 0 Å². The molecule has 2 heterocycles. The lowest BCUT2D eigenvalue weighted by Gasteiger charge is -2.44. The third-order valence-corrected chi connectivity index (χ3v) is 8.92. The Labute approximate surface area is 237 Å². The maximum absolute atomic E-state index is 14.2. The highest BCUT2D eigenvalue weighted by molar-refractivity contribution is 5.98. The summed E-state index contributed by atoms with van der Waals surface area (Å²) in [5.74, 6) is -0.212. The molecule has 2 fully saturated rings. The van der Waals surface area contributed by atoms with Crippen molar-refractivity contribution in [2.75, 3.05) is 39.4 Å². The minimum absolute atomic E-state index is 0.0257. The molecule has 0 aromatic heterocycles. The van der Waals surface area contributed by atoms with Crippen molar-refractivity contribution in [2.45, 2.75) is 58.2 Å². The fourth-order valence-corrected chi connectivity index (χ4v) is 6.60. The third kappa shape index (κ3) is 6.08. The van der Waals surface area contributed by atoms with Crippen molar-refractivity contribution >= 4 is 17.7 Å². The number of hydrogen-bond acceptors (Lipinski definition) is 5. The molecule has 1 aliphatic carbocycles. The van der Waals surface area contributed by atoms with E-state index in [2.05, 4.69) is 41.5 Å². The van der Waals surface area contributed by atoms with Gasteiger partial charge in [0, 0.05) is 38.3 Å². The van der Waals surface area contributed by atoms with Crippen molar-refractivity contribution in [1.82, 2.24) is 20.4 Å². The fourth-order valence-electron chi connectivity index (χ4n) is 6.60. The molecule has 2 atom stereocenters. The number of carbonyl (C=O) groups excluding carboxylic acids is 3. The van der Waals surface area contributed by atoms with E-state index >= 15 is 0 Å². The summed E-state index contributed by atoms with van der Waals surface area (Å²) in [6.07, 6.45) is 3.14. The number of nitrogens with one attached hydrogen (secondary N) is 2. The van der Waals surface area contributed by atoms with Crippen molar-refractivity contribution in [1.29, 1.82) is 0 Å². The van der Waals surface area contributed by atoms with Gasteiger partial charge >= 0.3 is 0 Å². The molecule has 8 heteroatoms. The number of nitrogens with zero attached hydrogens (tertiary/aromatic N) is 2. The number of rotatable bonds is 10. The molecule has 0 saturated carbocycles. The van der Waals surface area contributed by atoms with E-state index < -0.39 is 12.1 Å². The number of carbonyl (C=O) groups is 3. The van der Waals surface area contributed by atoms with E-state index in [1.165, 1.54) is 11.1 Å². The van der Waals surface area contributed by atoms with Gasteiger partial charge in [0.15, 0.2) is 0 Å². The second-order valence-electron chi connectivity index (χ2n) is 11.3. The Morgan fingerprint density at radius 2 is 1.65 bits per heavy atom. The molecule has 3 aliphatic rings. The summed E-state index contributed by atoms with van der Waals surface area (Å²) >= 11 is 0. The number of hydrogen-bond donors (Lipinski definition) is 2. The van der Waals surface area contributed by atoms with Crippen LogP contribution in [0.1, 0.15) is 53.7 Å². The van der Waals surface area contributed by atoms with Gasteiger partial charge in [-0.3, -0.25) is 19.3 Å². The molecule has 214 valence electrons. The molecular weight excluding hydrogens is 504 g/mol. The van der Waals surface area contributed by atoms with Gasteiger partial charge in [-0.2, -0.15) is 0 Å². The Bertz CT molecular complexity index is 1180. The van der Waals surface area contributed by atoms with Crippen LogP contribution in [0.15, 0.2) is 48.5 Å². The van der Waals surface area contributed by atoms with Gasteiger partial charge in [-0.05, 0) is 47.4 Å². The van der Waals surface area contributed by atoms with Crippen molar-refractivity contribution in [3.63, 3.8) is 0 Å². The molecule has 2 aliphatic heterocycles. The molecule has 8 nitrogen and oxygen atoms in total. The van der Waals surface area contributed by atoms with Crippen LogP contribution in [0.2, 0.25) is 0 Å². The summed E-state index contributed by atoms with van der Waals surface area (Å²) in [5, 5.41) is 6.19. The predicted octanol–water partition coefficient (Wildman–Crippen LogP) is 2.80. The van der Waals surface area contributed by atoms with Gasteiger partial charge in [0.2, 0.25) is 11.8 Å². The molecule has 0 radical (unpaired) electrons. The number of amides is 3. The van der Waals surface area contributed by atoms with Crippen LogP contribution in [0.3, 0.4) is 0 Å². The van der Waals surface area contributed by atoms with Gasteiger partial charge in [0.1, 0.15) is 12.1 Å². The van der Waals surface area contributed by atoms with Crippen molar-refractivity contribution < 1.29 is 19.1 Å². The SMILES string of the molecule is CCC(CC)[C@@H]1C(=O)N[C@H](C2Cc3ccccc3C2)C(=O)N1Cc1ccccc1C(=O)NCCN1CCOCC1. The number of morpholine rings is 1. The Balaban J connectivity index is 1.35. The molecule has 2 N–H and O–H groups in total. The summed E-state index contributed by atoms with van der Waals surface area (Å²) in [6.45, 7) is 8.87. The lowest BCUT2D eigenvalue weighted by molar-refractivity contribution is -0.154. The van der Waals surface area contributed by atoms with Crippen molar-refractivity contribution in [2.24, 2.45) is 11.8 Å². The van der Waals surface area contributed by atoms with Gasteiger partial charge in [-0.1, -0.05) is 69.2 Å². The molecule has 2 saturated heterocycles. The van der Waals surface area contributed by atoms with Gasteiger partial charge in [-0.15, -0.1) is 0 Å². The molecule has 3 amide bonds. The Morgan fingerprint density at radius 1 is 1.00 bits per heavy atom. The van der Waals surface area contributed by atoms with Gasteiger partial charge in [0.05, 0.1) is 13.2 Å². The van der Waals surface area contributed by atoms with E-state index in [4.69, 9.17) is 4.74 Å². The van der Waals surface area contributed by atoms with Crippen molar-refractivity contribution in [3.05, 3.63) is 70.8 Å². The standard InChI is InChI=1S/C32H42N4O4/c1-3-22(4-2)29-31(38)34-28(26-19-23-9-5-6-10-24(23)20-26)32(39)36(29)21-25-11-7-8-12-27(25)30(37)33-13-14-35-15-17-40-18-16-35/h5-12,22,26,28-29H,3-4,13-21H2,1-2H3,(H,33,37)(H,34,38)/t28-,29-/m1/s1. The highest BCUT2D eigenvalue weighted by Crippen LogP contribution is 2.33. The fraction of sp³-hybridized carbons (Fsp3) is 0.531. The Morgan fingerprint density at radius 3 is 2.33 bits per heavy atom. The number of piperazine rings is 1. The topological polar surface area (TPSA) is 91.0 Å². The second kappa shape index (κ2) is 13.0. The first-order chi connectivity index (χ1) is 19.5. The first kappa shape index (κ1) is 28.3. The maximum atomic E-state index is 14.2. The predicted molar refractivity (Wildman–Crippen MR) is 154 cm³/mol. The van der Waals surface area contributed by atoms with E-state index in [0.717, 1.165) is 64.1 Å². The monoisotopic (exact) mass is 546 g/mol. The molecule has 0 unspecified atom stereocenters. The van der Waals surface area contributed by atoms with Gasteiger partial charge < -0.3 is 20.3 Å². The molecule has 2 aromatic rings. The van der Waals surface area contributed by atoms with E-state index in [9.17, 15) is 14.4 Å². The minimum atomic E-state index is -0.569. The highest BCUT2D eigenvalue weighted by Gasteiger charge is 2.47. The zero-order chi connectivity index (χ0) is 28.1. The second-order valence-corrected chi connectivity index (χ2v) is 11.3. The number of ether oxygens (including phenoxy) is 1. The average Bonchev–Trinajstić information content (AvgIpc) is 3.41. The largest absolute Gasteiger partial charge is 0.379 e. The molecule has 5 rings (SSSR count). The van der Waals surface area contributed by atoms with Crippen LogP contribution < -0.4 is 10.6 Å². The van der Waals surface area contributed by atoms with Crippen LogP contribution in [-0.2, 0) is 33.7 Å². The van der Waals surface area contributed by atoms with Crippen LogP contribution in [-0.4, -0.2) is 79.0 Å². The molecular formula is C32H42N4O4. The molecule has 40 heavy (non-hydrogen) atoms. The third-order valence-electron chi connectivity index (χ3n) is 8.92. The summed E-state index contributed by atoms with van der Waals surface area (Å²) in [5.41, 5.74) is 3.82. The van der Waals surface area contributed by atoms with E-state index in [-0.39, 0.29) is 36.1 Å². The normalized spacial score (nSPS) is 21.9. The first-order valence-electron chi connectivity index (χ1n) is 14.8. The summed E-state index contributed by atoms with van der Waals surface area (Å²) in [4.78, 5) is 45.2. The summed E-state index contributed by atoms with van der Waals surface area (Å²) < 4.78 is 5.41. The highest BCUT2D eigenvalue weighted by atomic mass is 16.5. The zero-order valence-corrected chi connectivity index (χ0v) is 23.7. The van der Waals surface area contributed by atoms with Crippen molar-refractivity contribution in [3.8, 4) is 0 Å². The number of benzene rings is 2.